The van der Waals surface area contributed by atoms with Crippen molar-refractivity contribution in [3.8, 4) is 17.6 Å². The molecular weight excluding hydrogens is 813 g/mol. The molecule has 0 radical (unpaired) electrons. The SMILES string of the molecule is C=CC.CC.CCC(=O)CCC(C)N1C(=O)c2ccc(N3CCC(CCOc4c(C)cc(C(C)(C)c5ccc(OCc6ccnc([N+](C)(O)S)n6)cc5)cc4C#N)CC3)cc2C1=O. The third-order valence-corrected chi connectivity index (χ3v) is 11.7. The van der Waals surface area contributed by atoms with E-state index in [1.54, 1.807) is 24.4 Å². The Labute approximate surface area is 379 Å². The van der Waals surface area contributed by atoms with E-state index in [1.807, 2.05) is 84.0 Å². The quantitative estimate of drug-likeness (QED) is 0.0367. The van der Waals surface area contributed by atoms with Crippen LogP contribution in [0.3, 0.4) is 0 Å². The second-order valence-electron chi connectivity index (χ2n) is 16.4. The fraction of sp³-hybridized carbons (Fsp3) is 0.440. The molecule has 12 nitrogen and oxygen atoms in total. The maximum atomic E-state index is 13.3. The number of piperidine rings is 1. The number of ketones is 1. The lowest BCUT2D eigenvalue weighted by Crippen LogP contribution is -2.38. The molecule has 1 N–H and O–H groups in total. The van der Waals surface area contributed by atoms with Crippen LogP contribution in [0.1, 0.15) is 136 Å². The first-order valence-corrected chi connectivity index (χ1v) is 22.3. The van der Waals surface area contributed by atoms with Gasteiger partial charge in [0, 0.05) is 49.3 Å². The predicted octanol–water partition coefficient (Wildman–Crippen LogP) is 10.4. The van der Waals surface area contributed by atoms with Crippen LogP contribution in [0, 0.1) is 24.2 Å². The third kappa shape index (κ3) is 12.6. The minimum absolute atomic E-state index is 0.127. The highest BCUT2D eigenvalue weighted by atomic mass is 32.1. The number of anilines is 1. The molecule has 4 aromatic rings. The van der Waals surface area contributed by atoms with Crippen LogP contribution in [-0.2, 0) is 16.8 Å². The summed E-state index contributed by atoms with van der Waals surface area (Å²) in [5, 5.41) is 20.2. The number of thiol groups is 1. The average Bonchev–Trinajstić information content (AvgIpc) is 3.53. The summed E-state index contributed by atoms with van der Waals surface area (Å²) in [6.45, 7) is 21.5. The number of allylic oxidation sites excluding steroid dienone is 1. The number of hydrogen-bond acceptors (Lipinski definition) is 11. The monoisotopic (exact) mass is 877 g/mol. The summed E-state index contributed by atoms with van der Waals surface area (Å²) in [5.74, 6) is 1.44. The molecule has 3 heterocycles. The molecule has 0 aliphatic carbocycles. The van der Waals surface area contributed by atoms with Crippen molar-refractivity contribution in [3.63, 3.8) is 0 Å². The first kappa shape index (κ1) is 50.1. The van der Waals surface area contributed by atoms with Gasteiger partial charge in [-0.25, -0.2) is 0 Å². The number of Topliss-reactive ketones (excluding diaryl/α,β-unsaturated/α-hetero) is 1. The predicted molar refractivity (Wildman–Crippen MR) is 253 cm³/mol. The van der Waals surface area contributed by atoms with Gasteiger partial charge in [-0.15, -0.1) is 6.58 Å². The van der Waals surface area contributed by atoms with Gasteiger partial charge < -0.3 is 14.4 Å². The van der Waals surface area contributed by atoms with Crippen LogP contribution >= 0.6 is 12.8 Å². The fourth-order valence-corrected chi connectivity index (χ4v) is 7.79. The van der Waals surface area contributed by atoms with E-state index in [-0.39, 0.29) is 36.2 Å². The summed E-state index contributed by atoms with van der Waals surface area (Å²) in [7, 11) is 1.45. The molecule has 1 aromatic heterocycles. The summed E-state index contributed by atoms with van der Waals surface area (Å²) in [4.78, 5) is 50.3. The van der Waals surface area contributed by atoms with Gasteiger partial charge in [0.15, 0.2) is 0 Å². The topological polar surface area (TPSA) is 146 Å². The Morgan fingerprint density at radius 2 is 1.70 bits per heavy atom. The molecular formula is C50H65N6O6S+. The number of nitrogens with zero attached hydrogens (tertiary/aromatic N) is 6. The lowest BCUT2D eigenvalue weighted by molar-refractivity contribution is -0.119. The maximum Gasteiger partial charge on any atom is 0.374 e. The lowest BCUT2D eigenvalue weighted by atomic mass is 9.77. The second-order valence-corrected chi connectivity index (χ2v) is 17.2. The molecule has 63 heavy (non-hydrogen) atoms. The van der Waals surface area contributed by atoms with Gasteiger partial charge in [-0.2, -0.15) is 20.4 Å². The van der Waals surface area contributed by atoms with Crippen molar-refractivity contribution in [3.05, 3.63) is 119 Å². The summed E-state index contributed by atoms with van der Waals surface area (Å²) in [5.41, 5.74) is 5.47. The van der Waals surface area contributed by atoms with Crippen LogP contribution < -0.4 is 18.4 Å². The zero-order chi connectivity index (χ0) is 46.5. The Kier molecular flexibility index (Phi) is 18.0. The zero-order valence-corrected chi connectivity index (χ0v) is 39.4. The van der Waals surface area contributed by atoms with E-state index in [0.717, 1.165) is 54.7 Å². The highest BCUT2D eigenvalue weighted by molar-refractivity contribution is 7.79. The van der Waals surface area contributed by atoms with Gasteiger partial charge in [0.25, 0.3) is 11.8 Å². The summed E-state index contributed by atoms with van der Waals surface area (Å²) in [6.07, 6.45) is 7.36. The van der Waals surface area contributed by atoms with Crippen molar-refractivity contribution >= 4 is 42.0 Å². The Morgan fingerprint density at radius 3 is 2.32 bits per heavy atom. The normalized spacial score (nSPS) is 15.1. The van der Waals surface area contributed by atoms with Crippen LogP contribution in [0.5, 0.6) is 11.5 Å². The lowest BCUT2D eigenvalue weighted by Gasteiger charge is -2.34. The van der Waals surface area contributed by atoms with E-state index >= 15 is 0 Å². The Hall–Kier alpha value is -5.55. The molecule has 2 unspecified atom stereocenters. The molecule has 1 saturated heterocycles. The van der Waals surface area contributed by atoms with Crippen molar-refractivity contribution in [2.24, 2.45) is 5.92 Å². The first-order chi connectivity index (χ1) is 30.0. The van der Waals surface area contributed by atoms with E-state index in [1.165, 1.54) is 11.9 Å². The second kappa shape index (κ2) is 22.7. The number of carbonyl (C=O) groups excluding carboxylic acids is 3. The maximum absolute atomic E-state index is 13.3. The van der Waals surface area contributed by atoms with Gasteiger partial charge in [-0.1, -0.05) is 62.9 Å². The van der Waals surface area contributed by atoms with Gasteiger partial charge in [0.2, 0.25) is 0 Å². The van der Waals surface area contributed by atoms with Crippen molar-refractivity contribution in [2.45, 2.75) is 112 Å². The molecule has 2 aliphatic rings. The molecule has 0 bridgehead atoms. The number of amides is 2. The highest BCUT2D eigenvalue weighted by Crippen LogP contribution is 2.37. The smallest absolute Gasteiger partial charge is 0.374 e. The summed E-state index contributed by atoms with van der Waals surface area (Å²) < 4.78 is 11.5. The molecule has 0 spiro atoms. The van der Waals surface area contributed by atoms with E-state index in [0.29, 0.717) is 65.7 Å². The molecule has 0 saturated carbocycles. The average molecular weight is 878 g/mol. The largest absolute Gasteiger partial charge is 0.492 e. The Bertz CT molecular complexity index is 2260. The molecule has 336 valence electrons. The van der Waals surface area contributed by atoms with Crippen LogP contribution in [0.4, 0.5) is 11.6 Å². The van der Waals surface area contributed by atoms with Crippen LogP contribution in [0.2, 0.25) is 0 Å². The third-order valence-electron chi connectivity index (χ3n) is 11.5. The van der Waals surface area contributed by atoms with Crippen LogP contribution in [0.15, 0.2) is 79.5 Å². The molecule has 2 atom stereocenters. The standard InChI is InChI=1S/C45H53N6O6S.C3H6.C2H6/c1-7-37(52)12-8-30(3)50-42(53)39-15-11-36(26-40(39)43(50)54)49-21-17-31(18-22-49)19-23-56-41-29(2)24-34(25-32(41)27-46)45(4,5)33-9-13-38(14-10-33)57-28-35-16-20-47-44(48-35)51(6,55)58;1-3-2;1-2/h9-11,13-16,20,24-26,30-31,55,58H,7-8,12,17-19,21-23,28H2,1-6H3;3H,1H2,2H3;1-2H3/q+1;;. The first-order valence-electron chi connectivity index (χ1n) is 21.9. The Morgan fingerprint density at radius 1 is 1.05 bits per heavy atom. The number of fused-ring (bicyclic) bond motifs is 1. The number of aromatic nitrogens is 2. The minimum atomic E-state index is -0.778. The van der Waals surface area contributed by atoms with E-state index in [4.69, 9.17) is 9.47 Å². The van der Waals surface area contributed by atoms with Crippen molar-refractivity contribution in [2.75, 3.05) is 31.6 Å². The number of quaternary nitrogens is 1. The number of hydrogen-bond donors (Lipinski definition) is 2. The Balaban J connectivity index is 0.00000167. The molecule has 2 aliphatic heterocycles. The van der Waals surface area contributed by atoms with Gasteiger partial charge in [0.05, 0.1) is 29.0 Å². The van der Waals surface area contributed by atoms with Crippen molar-refractivity contribution < 1.29 is 29.1 Å². The number of benzene rings is 3. The molecule has 2 amide bonds. The molecule has 3 aromatic carbocycles. The number of ether oxygens (including phenoxy) is 2. The van der Waals surface area contributed by atoms with Gasteiger partial charge >= 0.3 is 5.95 Å². The molecule has 6 rings (SSSR count). The number of carbonyl (C=O) groups is 3. The van der Waals surface area contributed by atoms with E-state index in [2.05, 4.69) is 60.2 Å². The number of imide groups is 1. The number of nitriles is 1. The number of rotatable bonds is 16. The van der Waals surface area contributed by atoms with Gasteiger partial charge in [-0.05, 0) is 112 Å². The van der Waals surface area contributed by atoms with Gasteiger partial charge in [0.1, 0.15) is 49.8 Å². The number of hydroxylamine groups is 1. The molecule has 13 heteroatoms. The van der Waals surface area contributed by atoms with Gasteiger partial charge in [-0.3, -0.25) is 19.3 Å². The minimum Gasteiger partial charge on any atom is -0.492 e. The number of aryl methyl sites for hydroxylation is 1. The fourth-order valence-electron chi connectivity index (χ4n) is 7.70. The van der Waals surface area contributed by atoms with Crippen molar-refractivity contribution in [1.82, 2.24) is 18.9 Å². The molecule has 1 fully saturated rings. The van der Waals surface area contributed by atoms with E-state index in [9.17, 15) is 24.9 Å². The van der Waals surface area contributed by atoms with Crippen LogP contribution in [-0.4, -0.2) is 70.5 Å². The van der Waals surface area contributed by atoms with Crippen molar-refractivity contribution in [1.29, 1.82) is 5.26 Å². The summed E-state index contributed by atoms with van der Waals surface area (Å²) in [6, 6.07) is 21.2. The summed E-state index contributed by atoms with van der Waals surface area (Å²) >= 11 is 4.08. The van der Waals surface area contributed by atoms with E-state index < -0.39 is 9.47 Å². The zero-order valence-electron chi connectivity index (χ0n) is 38.5. The highest BCUT2D eigenvalue weighted by Gasteiger charge is 2.39. The van der Waals surface area contributed by atoms with Crippen LogP contribution in [0.25, 0.3) is 0 Å².